The molecule has 2 rings (SSSR count). The van der Waals surface area contributed by atoms with Crippen molar-refractivity contribution >= 4 is 5.97 Å². The molecule has 2 aromatic rings. The number of nitrogens with zero attached hydrogens (tertiary/aromatic N) is 1. The molecule has 0 unspecified atom stereocenters. The van der Waals surface area contributed by atoms with Gasteiger partial charge >= 0.3 is 5.97 Å². The van der Waals surface area contributed by atoms with Crippen LogP contribution in [0.4, 0.5) is 0 Å². The molecule has 0 aliphatic carbocycles. The average Bonchev–Trinajstić information content (AvgIpc) is 2.78. The molecule has 3 nitrogen and oxygen atoms in total. The van der Waals surface area contributed by atoms with E-state index >= 15 is 0 Å². The lowest BCUT2D eigenvalue weighted by atomic mass is 10.1. The van der Waals surface area contributed by atoms with Gasteiger partial charge in [-0.1, -0.05) is 19.1 Å². The summed E-state index contributed by atoms with van der Waals surface area (Å²) in [5, 5.41) is 9.00. The SMILES string of the molecule is CCc1ccc(-n2cccc2C(=O)O)cc1. The Morgan fingerprint density at radius 2 is 1.94 bits per heavy atom. The van der Waals surface area contributed by atoms with Crippen molar-refractivity contribution in [3.05, 3.63) is 53.9 Å². The molecule has 1 aromatic carbocycles. The largest absolute Gasteiger partial charge is 0.477 e. The summed E-state index contributed by atoms with van der Waals surface area (Å²) in [7, 11) is 0. The van der Waals surface area contributed by atoms with Crippen molar-refractivity contribution in [2.24, 2.45) is 0 Å². The Labute approximate surface area is 94.0 Å². The molecule has 0 saturated heterocycles. The molecular formula is C13H13NO2. The Kier molecular flexibility index (Phi) is 2.77. The Balaban J connectivity index is 2.42. The predicted molar refractivity (Wildman–Crippen MR) is 62.1 cm³/mol. The van der Waals surface area contributed by atoms with E-state index in [1.165, 1.54) is 5.56 Å². The van der Waals surface area contributed by atoms with Gasteiger partial charge in [0.05, 0.1) is 0 Å². The van der Waals surface area contributed by atoms with E-state index < -0.39 is 5.97 Å². The molecule has 0 amide bonds. The van der Waals surface area contributed by atoms with Crippen molar-refractivity contribution in [1.29, 1.82) is 0 Å². The molecular weight excluding hydrogens is 202 g/mol. The lowest BCUT2D eigenvalue weighted by Crippen LogP contribution is -2.05. The van der Waals surface area contributed by atoms with Gasteiger partial charge in [0.2, 0.25) is 0 Å². The van der Waals surface area contributed by atoms with Gasteiger partial charge in [0.15, 0.2) is 0 Å². The van der Waals surface area contributed by atoms with Crippen molar-refractivity contribution in [2.45, 2.75) is 13.3 Å². The summed E-state index contributed by atoms with van der Waals surface area (Å²) in [5.74, 6) is -0.912. The normalized spacial score (nSPS) is 10.3. The van der Waals surface area contributed by atoms with E-state index in [-0.39, 0.29) is 5.69 Å². The van der Waals surface area contributed by atoms with Crippen molar-refractivity contribution in [3.63, 3.8) is 0 Å². The zero-order valence-electron chi connectivity index (χ0n) is 9.05. The van der Waals surface area contributed by atoms with Crippen LogP contribution in [0.3, 0.4) is 0 Å². The summed E-state index contributed by atoms with van der Waals surface area (Å²) in [6.45, 7) is 2.09. The number of hydrogen-bond donors (Lipinski definition) is 1. The van der Waals surface area contributed by atoms with E-state index in [0.717, 1.165) is 12.1 Å². The van der Waals surface area contributed by atoms with Crippen molar-refractivity contribution < 1.29 is 9.90 Å². The van der Waals surface area contributed by atoms with Crippen molar-refractivity contribution in [2.75, 3.05) is 0 Å². The number of aryl methyl sites for hydroxylation is 1. The standard InChI is InChI=1S/C13H13NO2/c1-2-10-5-7-11(8-6-10)14-9-3-4-12(14)13(15)16/h3-9H,2H2,1H3,(H,15,16). The van der Waals surface area contributed by atoms with E-state index in [4.69, 9.17) is 5.11 Å². The Bertz CT molecular complexity index is 497. The van der Waals surface area contributed by atoms with E-state index in [2.05, 4.69) is 6.92 Å². The molecule has 1 aromatic heterocycles. The lowest BCUT2D eigenvalue weighted by Gasteiger charge is -2.06. The third-order valence-corrected chi connectivity index (χ3v) is 2.59. The van der Waals surface area contributed by atoms with Gasteiger partial charge in [0, 0.05) is 11.9 Å². The number of aromatic carboxylic acids is 1. The first kappa shape index (κ1) is 10.5. The minimum atomic E-state index is -0.912. The number of hydrogen-bond acceptors (Lipinski definition) is 1. The summed E-state index contributed by atoms with van der Waals surface area (Å²) in [4.78, 5) is 11.0. The van der Waals surface area contributed by atoms with Gasteiger partial charge < -0.3 is 9.67 Å². The zero-order valence-corrected chi connectivity index (χ0v) is 9.05. The third-order valence-electron chi connectivity index (χ3n) is 2.59. The van der Waals surface area contributed by atoms with Crippen LogP contribution in [0, 0.1) is 0 Å². The highest BCUT2D eigenvalue weighted by atomic mass is 16.4. The van der Waals surface area contributed by atoms with Crippen LogP contribution >= 0.6 is 0 Å². The third kappa shape index (κ3) is 1.84. The van der Waals surface area contributed by atoms with Gasteiger partial charge in [0.1, 0.15) is 5.69 Å². The topological polar surface area (TPSA) is 42.2 Å². The second-order valence-electron chi connectivity index (χ2n) is 3.59. The first-order chi connectivity index (χ1) is 7.72. The van der Waals surface area contributed by atoms with Gasteiger partial charge in [-0.15, -0.1) is 0 Å². The van der Waals surface area contributed by atoms with Crippen molar-refractivity contribution in [1.82, 2.24) is 4.57 Å². The van der Waals surface area contributed by atoms with Crippen LogP contribution in [0.25, 0.3) is 5.69 Å². The van der Waals surface area contributed by atoms with Gasteiger partial charge in [-0.05, 0) is 36.2 Å². The number of carbonyl (C=O) groups is 1. The van der Waals surface area contributed by atoms with Crippen LogP contribution in [0.15, 0.2) is 42.6 Å². The van der Waals surface area contributed by atoms with Crippen LogP contribution in [-0.2, 0) is 6.42 Å². The number of carboxylic acids is 1. The fourth-order valence-corrected chi connectivity index (χ4v) is 1.67. The molecule has 0 atom stereocenters. The number of rotatable bonds is 3. The van der Waals surface area contributed by atoms with Crippen LogP contribution in [0.1, 0.15) is 23.0 Å². The summed E-state index contributed by atoms with van der Waals surface area (Å²) in [6.07, 6.45) is 2.74. The minimum Gasteiger partial charge on any atom is -0.477 e. The minimum absolute atomic E-state index is 0.282. The van der Waals surface area contributed by atoms with Crippen LogP contribution in [0.5, 0.6) is 0 Å². The number of carboxylic acid groups (broad SMARTS) is 1. The van der Waals surface area contributed by atoms with E-state index in [1.807, 2.05) is 24.3 Å². The molecule has 0 aliphatic rings. The maximum Gasteiger partial charge on any atom is 0.352 e. The van der Waals surface area contributed by atoms with Crippen LogP contribution in [0.2, 0.25) is 0 Å². The predicted octanol–water partition coefficient (Wildman–Crippen LogP) is 2.74. The molecule has 0 aliphatic heterocycles. The molecule has 0 radical (unpaired) electrons. The Hall–Kier alpha value is -2.03. The van der Waals surface area contributed by atoms with Gasteiger partial charge in [-0.25, -0.2) is 4.79 Å². The number of aromatic nitrogens is 1. The summed E-state index contributed by atoms with van der Waals surface area (Å²) < 4.78 is 1.67. The molecule has 1 N–H and O–H groups in total. The molecule has 82 valence electrons. The van der Waals surface area contributed by atoms with E-state index in [1.54, 1.807) is 22.9 Å². The molecule has 1 heterocycles. The number of benzene rings is 1. The van der Waals surface area contributed by atoms with E-state index in [0.29, 0.717) is 0 Å². The van der Waals surface area contributed by atoms with Crippen LogP contribution < -0.4 is 0 Å². The summed E-state index contributed by atoms with van der Waals surface area (Å²) in [5.41, 5.74) is 2.40. The first-order valence-electron chi connectivity index (χ1n) is 5.22. The average molecular weight is 215 g/mol. The Morgan fingerprint density at radius 3 is 2.50 bits per heavy atom. The monoisotopic (exact) mass is 215 g/mol. The van der Waals surface area contributed by atoms with E-state index in [9.17, 15) is 4.79 Å². The van der Waals surface area contributed by atoms with Crippen LogP contribution in [-0.4, -0.2) is 15.6 Å². The smallest absolute Gasteiger partial charge is 0.352 e. The second kappa shape index (κ2) is 4.23. The maximum absolute atomic E-state index is 11.0. The Morgan fingerprint density at radius 1 is 1.25 bits per heavy atom. The quantitative estimate of drug-likeness (QED) is 0.855. The molecule has 0 spiro atoms. The second-order valence-corrected chi connectivity index (χ2v) is 3.59. The molecule has 16 heavy (non-hydrogen) atoms. The molecule has 3 heteroatoms. The highest BCUT2D eigenvalue weighted by Gasteiger charge is 2.09. The molecule has 0 bridgehead atoms. The summed E-state index contributed by atoms with van der Waals surface area (Å²) >= 11 is 0. The van der Waals surface area contributed by atoms with Gasteiger partial charge in [-0.3, -0.25) is 0 Å². The van der Waals surface area contributed by atoms with Crippen molar-refractivity contribution in [3.8, 4) is 5.69 Å². The maximum atomic E-state index is 11.0. The van der Waals surface area contributed by atoms with Gasteiger partial charge in [-0.2, -0.15) is 0 Å². The highest BCUT2D eigenvalue weighted by molar-refractivity contribution is 5.86. The van der Waals surface area contributed by atoms with Gasteiger partial charge in [0.25, 0.3) is 0 Å². The fourth-order valence-electron chi connectivity index (χ4n) is 1.67. The molecule has 0 fully saturated rings. The molecule has 0 saturated carbocycles. The highest BCUT2D eigenvalue weighted by Crippen LogP contribution is 2.14. The first-order valence-corrected chi connectivity index (χ1v) is 5.22. The zero-order chi connectivity index (χ0) is 11.5. The lowest BCUT2D eigenvalue weighted by molar-refractivity contribution is 0.0688. The fraction of sp³-hybridized carbons (Fsp3) is 0.154. The summed E-state index contributed by atoms with van der Waals surface area (Å²) in [6, 6.07) is 11.2.